The van der Waals surface area contributed by atoms with Gasteiger partial charge in [-0.3, -0.25) is 4.79 Å². The van der Waals surface area contributed by atoms with Crippen molar-refractivity contribution in [2.75, 3.05) is 27.9 Å². The van der Waals surface area contributed by atoms with Gasteiger partial charge in [0.2, 0.25) is 5.91 Å². The molecule has 138 valence electrons. The van der Waals surface area contributed by atoms with Crippen LogP contribution in [0.5, 0.6) is 17.2 Å². The number of nitrogens with zero attached hydrogens (tertiary/aromatic N) is 1. The van der Waals surface area contributed by atoms with Crippen molar-refractivity contribution < 1.29 is 19.0 Å². The number of hydrogen-bond acceptors (Lipinski definition) is 5. The Kier molecular flexibility index (Phi) is 5.83. The first-order valence-corrected chi connectivity index (χ1v) is 9.38. The SMILES string of the molecule is COc1cc(OC)c(OC)cc1/C=C/C(=O)N1CCCC1c1cccs1. The molecule has 1 fully saturated rings. The molecule has 6 heteroatoms. The minimum Gasteiger partial charge on any atom is -0.496 e. The van der Waals surface area contributed by atoms with Gasteiger partial charge in [0.05, 0.1) is 27.4 Å². The monoisotopic (exact) mass is 373 g/mol. The smallest absolute Gasteiger partial charge is 0.247 e. The van der Waals surface area contributed by atoms with Crippen molar-refractivity contribution in [3.8, 4) is 17.2 Å². The Morgan fingerprint density at radius 1 is 1.15 bits per heavy atom. The topological polar surface area (TPSA) is 48.0 Å². The Balaban J connectivity index is 1.81. The number of benzene rings is 1. The molecule has 1 saturated heterocycles. The largest absolute Gasteiger partial charge is 0.496 e. The van der Waals surface area contributed by atoms with Gasteiger partial charge >= 0.3 is 0 Å². The molecule has 1 aliphatic rings. The van der Waals surface area contributed by atoms with E-state index in [9.17, 15) is 4.79 Å². The number of thiophene rings is 1. The van der Waals surface area contributed by atoms with Crippen LogP contribution in [0.3, 0.4) is 0 Å². The minimum atomic E-state index is 0.0118. The van der Waals surface area contributed by atoms with Crippen molar-refractivity contribution in [2.24, 2.45) is 0 Å². The lowest BCUT2D eigenvalue weighted by atomic mass is 10.1. The minimum absolute atomic E-state index is 0.0118. The van der Waals surface area contributed by atoms with Crippen LogP contribution in [0, 0.1) is 0 Å². The van der Waals surface area contributed by atoms with E-state index in [0.717, 1.165) is 24.9 Å². The molecule has 1 amide bonds. The van der Waals surface area contributed by atoms with Crippen LogP contribution < -0.4 is 14.2 Å². The molecule has 2 aromatic rings. The maximum atomic E-state index is 12.7. The average molecular weight is 373 g/mol. The van der Waals surface area contributed by atoms with E-state index in [1.807, 2.05) is 17.0 Å². The molecular weight excluding hydrogens is 350 g/mol. The molecule has 0 radical (unpaired) electrons. The lowest BCUT2D eigenvalue weighted by molar-refractivity contribution is -0.126. The Morgan fingerprint density at radius 3 is 2.54 bits per heavy atom. The molecule has 1 atom stereocenters. The number of carbonyl (C=O) groups is 1. The first kappa shape index (κ1) is 18.3. The molecule has 3 rings (SSSR count). The highest BCUT2D eigenvalue weighted by Crippen LogP contribution is 2.36. The number of hydrogen-bond donors (Lipinski definition) is 0. The first-order valence-electron chi connectivity index (χ1n) is 8.50. The Labute approximate surface area is 157 Å². The van der Waals surface area contributed by atoms with Crippen LogP contribution in [0.1, 0.15) is 29.3 Å². The quantitative estimate of drug-likeness (QED) is 0.714. The molecule has 2 heterocycles. The molecule has 0 bridgehead atoms. The second-order valence-corrected chi connectivity index (χ2v) is 6.97. The molecule has 1 unspecified atom stereocenters. The van der Waals surface area contributed by atoms with Crippen molar-refractivity contribution in [3.05, 3.63) is 46.2 Å². The summed E-state index contributed by atoms with van der Waals surface area (Å²) in [6, 6.07) is 7.88. The zero-order valence-corrected chi connectivity index (χ0v) is 16.0. The number of rotatable bonds is 6. The molecule has 0 aliphatic carbocycles. The van der Waals surface area contributed by atoms with E-state index in [0.29, 0.717) is 17.2 Å². The normalized spacial score (nSPS) is 16.9. The van der Waals surface area contributed by atoms with E-state index in [4.69, 9.17) is 14.2 Å². The second kappa shape index (κ2) is 8.27. The van der Waals surface area contributed by atoms with E-state index in [2.05, 4.69) is 11.4 Å². The lowest BCUT2D eigenvalue weighted by Gasteiger charge is -2.22. The standard InChI is InChI=1S/C20H23NO4S/c1-23-16-13-18(25-3)17(24-2)12-14(16)8-9-20(22)21-10-4-6-15(21)19-7-5-11-26-19/h5,7-9,11-13,15H,4,6,10H2,1-3H3/b9-8+. The Morgan fingerprint density at radius 2 is 1.88 bits per heavy atom. The summed E-state index contributed by atoms with van der Waals surface area (Å²) >= 11 is 1.70. The van der Waals surface area contributed by atoms with Crippen molar-refractivity contribution in [2.45, 2.75) is 18.9 Å². The van der Waals surface area contributed by atoms with E-state index in [1.165, 1.54) is 4.88 Å². The second-order valence-electron chi connectivity index (χ2n) is 5.99. The molecular formula is C20H23NO4S. The van der Waals surface area contributed by atoms with Crippen LogP contribution in [0.4, 0.5) is 0 Å². The van der Waals surface area contributed by atoms with Gasteiger partial charge in [-0.1, -0.05) is 6.07 Å². The van der Waals surface area contributed by atoms with Gasteiger partial charge in [-0.2, -0.15) is 0 Å². The molecule has 26 heavy (non-hydrogen) atoms. The molecule has 5 nitrogen and oxygen atoms in total. The summed E-state index contributed by atoms with van der Waals surface area (Å²) in [6.45, 7) is 0.787. The number of likely N-dealkylation sites (tertiary alicyclic amines) is 1. The van der Waals surface area contributed by atoms with Gasteiger partial charge in [-0.25, -0.2) is 0 Å². The molecule has 0 spiro atoms. The molecule has 1 aromatic heterocycles. The van der Waals surface area contributed by atoms with E-state index < -0.39 is 0 Å². The summed E-state index contributed by atoms with van der Waals surface area (Å²) in [5.74, 6) is 1.82. The summed E-state index contributed by atoms with van der Waals surface area (Å²) in [5.41, 5.74) is 0.769. The third-order valence-electron chi connectivity index (χ3n) is 4.55. The van der Waals surface area contributed by atoms with Gasteiger partial charge < -0.3 is 19.1 Å². The summed E-state index contributed by atoms with van der Waals surface area (Å²) in [4.78, 5) is 15.9. The zero-order chi connectivity index (χ0) is 18.5. The first-order chi connectivity index (χ1) is 12.7. The van der Waals surface area contributed by atoms with E-state index in [-0.39, 0.29) is 11.9 Å². The average Bonchev–Trinajstić information content (AvgIpc) is 3.36. The lowest BCUT2D eigenvalue weighted by Crippen LogP contribution is -2.28. The van der Waals surface area contributed by atoms with Crippen LogP contribution in [-0.2, 0) is 4.79 Å². The van der Waals surface area contributed by atoms with Crippen molar-refractivity contribution in [3.63, 3.8) is 0 Å². The van der Waals surface area contributed by atoms with Gasteiger partial charge in [-0.15, -0.1) is 11.3 Å². The third kappa shape index (κ3) is 3.70. The number of methoxy groups -OCH3 is 3. The number of amides is 1. The van der Waals surface area contributed by atoms with E-state index >= 15 is 0 Å². The maximum absolute atomic E-state index is 12.7. The number of ether oxygens (including phenoxy) is 3. The highest BCUT2D eigenvalue weighted by atomic mass is 32.1. The van der Waals surface area contributed by atoms with Crippen LogP contribution >= 0.6 is 11.3 Å². The van der Waals surface area contributed by atoms with Gasteiger partial charge in [-0.05, 0) is 36.4 Å². The summed E-state index contributed by atoms with van der Waals surface area (Å²) in [7, 11) is 4.75. The Bertz CT molecular complexity index is 785. The predicted octanol–water partition coefficient (Wildman–Crippen LogP) is 4.15. The summed E-state index contributed by atoms with van der Waals surface area (Å²) in [5, 5.41) is 2.06. The fourth-order valence-electron chi connectivity index (χ4n) is 3.25. The highest BCUT2D eigenvalue weighted by Gasteiger charge is 2.29. The van der Waals surface area contributed by atoms with Crippen LogP contribution in [0.25, 0.3) is 6.08 Å². The fraction of sp³-hybridized carbons (Fsp3) is 0.350. The van der Waals surface area contributed by atoms with Crippen molar-refractivity contribution in [1.82, 2.24) is 4.90 Å². The maximum Gasteiger partial charge on any atom is 0.247 e. The number of carbonyl (C=O) groups excluding carboxylic acids is 1. The molecule has 1 aromatic carbocycles. The van der Waals surface area contributed by atoms with Gasteiger partial charge in [0.25, 0.3) is 0 Å². The molecule has 0 saturated carbocycles. The zero-order valence-electron chi connectivity index (χ0n) is 15.2. The molecule has 0 N–H and O–H groups in total. The summed E-state index contributed by atoms with van der Waals surface area (Å²) in [6.07, 6.45) is 5.42. The highest BCUT2D eigenvalue weighted by molar-refractivity contribution is 7.10. The summed E-state index contributed by atoms with van der Waals surface area (Å²) < 4.78 is 16.0. The third-order valence-corrected chi connectivity index (χ3v) is 5.52. The van der Waals surface area contributed by atoms with Crippen LogP contribution in [-0.4, -0.2) is 38.7 Å². The van der Waals surface area contributed by atoms with Crippen LogP contribution in [0.15, 0.2) is 35.7 Å². The van der Waals surface area contributed by atoms with Crippen LogP contribution in [0.2, 0.25) is 0 Å². The van der Waals surface area contributed by atoms with Crippen molar-refractivity contribution >= 4 is 23.3 Å². The van der Waals surface area contributed by atoms with Gasteiger partial charge in [0.15, 0.2) is 11.5 Å². The molecule has 1 aliphatic heterocycles. The fourth-order valence-corrected chi connectivity index (χ4v) is 4.12. The van der Waals surface area contributed by atoms with Gasteiger partial charge in [0.1, 0.15) is 5.75 Å². The predicted molar refractivity (Wildman–Crippen MR) is 103 cm³/mol. The van der Waals surface area contributed by atoms with Gasteiger partial charge in [0, 0.05) is 29.1 Å². The Hall–Kier alpha value is -2.47. The van der Waals surface area contributed by atoms with Crippen molar-refractivity contribution in [1.29, 1.82) is 0 Å². The van der Waals surface area contributed by atoms with E-state index in [1.54, 1.807) is 50.9 Å².